The number of hydrogen-bond donors (Lipinski definition) is 0. The molecule has 0 N–H and O–H groups in total. The van der Waals surface area contributed by atoms with Crippen LogP contribution in [0.5, 0.6) is 0 Å². The van der Waals surface area contributed by atoms with Crippen molar-refractivity contribution in [1.82, 2.24) is 0 Å². The Morgan fingerprint density at radius 2 is 0.767 bits per heavy atom. The van der Waals surface area contributed by atoms with Crippen LogP contribution in [0.2, 0.25) is 0 Å². The van der Waals surface area contributed by atoms with E-state index in [1.54, 1.807) is 22.3 Å². The van der Waals surface area contributed by atoms with E-state index in [9.17, 15) is 0 Å². The summed E-state index contributed by atoms with van der Waals surface area (Å²) in [6.07, 6.45) is 28.0. The maximum atomic E-state index is 3.06. The van der Waals surface area contributed by atoms with Gasteiger partial charge in [-0.15, -0.1) is 93.9 Å². The Balaban J connectivity index is 0.000000239. The zero-order valence-electron chi connectivity index (χ0n) is 36.7. The van der Waals surface area contributed by atoms with Gasteiger partial charge in [0.1, 0.15) is 0 Å². The van der Waals surface area contributed by atoms with E-state index >= 15 is 0 Å². The first-order valence-corrected chi connectivity index (χ1v) is 26.7. The number of hydrogen-bond acceptors (Lipinski definition) is 0. The zero-order chi connectivity index (χ0) is 38.1. The van der Waals surface area contributed by atoms with E-state index in [1.807, 2.05) is 0 Å². The normalized spacial score (nSPS) is 17.2. The zero-order valence-corrected chi connectivity index (χ0v) is 41.8. The van der Waals surface area contributed by atoms with Gasteiger partial charge in [0.15, 0.2) is 0 Å². The first-order chi connectivity index (χ1) is 27.7. The molecule has 0 atom stereocenters. The predicted octanol–water partition coefficient (Wildman–Crippen LogP) is 17.4. The Hall–Kier alpha value is -2.22. The summed E-state index contributed by atoms with van der Waals surface area (Å²) in [4.78, 5) is 0. The number of rotatable bonds is 8. The number of halogens is 2. The van der Waals surface area contributed by atoms with Crippen molar-refractivity contribution in [3.05, 3.63) is 146 Å². The molecule has 0 unspecified atom stereocenters. The van der Waals surface area contributed by atoms with E-state index in [-0.39, 0.29) is 39.7 Å². The van der Waals surface area contributed by atoms with Crippen LogP contribution in [0, 0.1) is 26.7 Å². The first kappa shape index (κ1) is 50.4. The monoisotopic (exact) mass is 930 g/mol. The fraction of sp³-hybridized carbons (Fsp3) is 0.429. The van der Waals surface area contributed by atoms with Gasteiger partial charge in [-0.05, 0) is 84.5 Å². The maximum absolute atomic E-state index is 3.06. The van der Waals surface area contributed by atoms with Crippen LogP contribution in [0.4, 0.5) is 0 Å². The standard InChI is InChI=1S/2C27H31.2CH3.2ClH.Si.Zr/c2*1-2-9-22(10-3-1)23-13-15-24(16-14-23)26-12-6-11-25-18-21(19-27(25)26)17-20-7-4-5-8-20;;;;;;/h2*6,11-16,18-20,22H,1-5,7-10,17H2;2*1H3;2*1H;;/q4*-1;;;;. The van der Waals surface area contributed by atoms with Gasteiger partial charge < -0.3 is 14.9 Å². The molecule has 60 heavy (non-hydrogen) atoms. The summed E-state index contributed by atoms with van der Waals surface area (Å²) in [5.41, 5.74) is 11.7. The van der Waals surface area contributed by atoms with Gasteiger partial charge >= 0.3 is 30.2 Å². The second-order valence-electron chi connectivity index (χ2n) is 18.0. The van der Waals surface area contributed by atoms with Crippen LogP contribution in [-0.2, 0) is 36.2 Å². The van der Waals surface area contributed by atoms with Crippen LogP contribution >= 0.6 is 24.8 Å². The van der Waals surface area contributed by atoms with Gasteiger partial charge in [-0.3, -0.25) is 0 Å². The smallest absolute Gasteiger partial charge is 0.0162 e. The van der Waals surface area contributed by atoms with Gasteiger partial charge in [-0.1, -0.05) is 162 Å². The molecule has 0 nitrogen and oxygen atoms in total. The van der Waals surface area contributed by atoms with Crippen molar-refractivity contribution in [2.24, 2.45) is 11.8 Å². The summed E-state index contributed by atoms with van der Waals surface area (Å²) in [7, 11) is 0. The van der Waals surface area contributed by atoms with Crippen molar-refractivity contribution in [2.45, 2.75) is 140 Å². The van der Waals surface area contributed by atoms with Crippen molar-refractivity contribution < 1.29 is 23.3 Å². The molecule has 2 radical (unpaired) electrons. The molecule has 4 heteroatoms. The Labute approximate surface area is 394 Å². The van der Waals surface area contributed by atoms with E-state index in [0.29, 0.717) is 0 Å². The summed E-state index contributed by atoms with van der Waals surface area (Å²) in [5.74, 6) is 3.42. The minimum absolute atomic E-state index is 0. The summed E-state index contributed by atoms with van der Waals surface area (Å²) in [5, 5.41) is 5.71. The van der Waals surface area contributed by atoms with Gasteiger partial charge in [0.05, 0.1) is 0 Å². The second-order valence-corrected chi connectivity index (χ2v) is 18.0. The molecule has 0 amide bonds. The molecule has 0 spiro atoms. The Kier molecular flexibility index (Phi) is 21.2. The molecule has 4 saturated carbocycles. The molecule has 0 saturated heterocycles. The third-order valence-electron chi connectivity index (χ3n) is 14.2. The summed E-state index contributed by atoms with van der Waals surface area (Å²) in [6, 6.07) is 42.5. The fourth-order valence-corrected chi connectivity index (χ4v) is 11.2. The third-order valence-corrected chi connectivity index (χ3v) is 14.2. The summed E-state index contributed by atoms with van der Waals surface area (Å²) < 4.78 is 0. The molecule has 0 aromatic heterocycles. The molecule has 6 aromatic rings. The van der Waals surface area contributed by atoms with Crippen molar-refractivity contribution in [1.29, 1.82) is 0 Å². The molecule has 0 bridgehead atoms. The molecular weight excluding hydrogens is 863 g/mol. The number of benzene rings is 4. The Morgan fingerprint density at radius 3 is 1.12 bits per heavy atom. The molecule has 4 fully saturated rings. The Bertz CT molecular complexity index is 1960. The average Bonchev–Trinajstić information content (AvgIpc) is 4.11. The van der Waals surface area contributed by atoms with Crippen molar-refractivity contribution in [3.63, 3.8) is 0 Å². The van der Waals surface area contributed by atoms with Crippen molar-refractivity contribution >= 4 is 53.2 Å². The minimum atomic E-state index is 0. The topological polar surface area (TPSA) is 0 Å². The van der Waals surface area contributed by atoms with E-state index in [1.165, 1.54) is 196 Å². The fourth-order valence-electron chi connectivity index (χ4n) is 11.2. The molecular formula is C56H70Cl2SiZr-4. The van der Waals surface area contributed by atoms with E-state index in [0.717, 1.165) is 23.7 Å². The minimum Gasteiger partial charge on any atom is -0.164 e. The predicted molar refractivity (Wildman–Crippen MR) is 266 cm³/mol. The van der Waals surface area contributed by atoms with Gasteiger partial charge in [0, 0.05) is 0 Å². The largest absolute Gasteiger partial charge is 0.164 e. The second kappa shape index (κ2) is 25.2. The Morgan fingerprint density at radius 1 is 0.433 bits per heavy atom. The van der Waals surface area contributed by atoms with Crippen LogP contribution in [0.1, 0.15) is 150 Å². The van der Waals surface area contributed by atoms with E-state index in [4.69, 9.17) is 0 Å². The molecule has 6 aromatic carbocycles. The van der Waals surface area contributed by atoms with E-state index in [2.05, 4.69) is 116 Å². The molecule has 320 valence electrons. The number of fused-ring (bicyclic) bond motifs is 2. The van der Waals surface area contributed by atoms with Crippen molar-refractivity contribution in [3.8, 4) is 22.3 Å². The van der Waals surface area contributed by atoms with Gasteiger partial charge in [-0.25, -0.2) is 0 Å². The van der Waals surface area contributed by atoms with Gasteiger partial charge in [0.2, 0.25) is 0 Å². The SMILES string of the molecule is Cl.Cl.[CH3-].[CH3-].[Si]=[Zr].c1cc(-c2ccc(C3CCCCC3)cc2)c2cc(CC3CCCC3)[cH-]c2c1.c1cc(-c2ccc(C3CCCCC3)cc2)c2cc(CC3CCCC3)[cH-]c2c1. The van der Waals surface area contributed by atoms with Crippen LogP contribution in [0.15, 0.2) is 109 Å². The molecule has 4 aliphatic rings. The molecule has 0 aliphatic heterocycles. The molecule has 4 aliphatic carbocycles. The third kappa shape index (κ3) is 12.5. The molecule has 10 rings (SSSR count). The van der Waals surface area contributed by atoms with Crippen LogP contribution in [0.25, 0.3) is 43.8 Å². The van der Waals surface area contributed by atoms with E-state index < -0.39 is 0 Å². The summed E-state index contributed by atoms with van der Waals surface area (Å²) in [6.45, 7) is 3.06. The van der Waals surface area contributed by atoms with Crippen LogP contribution < -0.4 is 0 Å². The van der Waals surface area contributed by atoms with Gasteiger partial charge in [-0.2, -0.15) is 12.1 Å². The van der Waals surface area contributed by atoms with Crippen LogP contribution in [0.3, 0.4) is 0 Å². The maximum Gasteiger partial charge on any atom is -0.0162 e. The van der Waals surface area contributed by atoms with Crippen LogP contribution in [-0.4, -0.2) is 6.88 Å². The molecule has 0 heterocycles. The van der Waals surface area contributed by atoms with Crippen molar-refractivity contribution in [2.75, 3.05) is 0 Å². The average molecular weight is 933 g/mol. The summed E-state index contributed by atoms with van der Waals surface area (Å²) >= 11 is 1.36. The van der Waals surface area contributed by atoms with Gasteiger partial charge in [0.25, 0.3) is 0 Å². The quantitative estimate of drug-likeness (QED) is 0.105. The first-order valence-electron chi connectivity index (χ1n) is 22.6.